The molecule has 1 aliphatic rings. The topological polar surface area (TPSA) is 18.5 Å². The van der Waals surface area contributed by atoms with Gasteiger partial charge in [-0.1, -0.05) is 17.7 Å². The van der Waals surface area contributed by atoms with Crippen LogP contribution in [-0.2, 0) is 0 Å². The number of anilines is 1. The smallest absolute Gasteiger partial charge is 0.0541 e. The summed E-state index contributed by atoms with van der Waals surface area (Å²) >= 11 is 0. The summed E-state index contributed by atoms with van der Waals surface area (Å²) in [5.41, 5.74) is 4.13. The van der Waals surface area contributed by atoms with Crippen molar-refractivity contribution < 1.29 is 0 Å². The van der Waals surface area contributed by atoms with Crippen molar-refractivity contribution in [2.24, 2.45) is 0 Å². The fourth-order valence-corrected chi connectivity index (χ4v) is 2.79. The van der Waals surface area contributed by atoms with E-state index in [1.54, 1.807) is 0 Å². The van der Waals surface area contributed by atoms with Gasteiger partial charge in [-0.25, -0.2) is 0 Å². The Hall–Kier alpha value is -1.06. The molecule has 1 aromatic carbocycles. The van der Waals surface area contributed by atoms with Crippen molar-refractivity contribution in [3.8, 4) is 0 Å². The molecule has 3 heteroatoms. The Morgan fingerprint density at radius 2 is 2.11 bits per heavy atom. The van der Waals surface area contributed by atoms with Gasteiger partial charge < -0.3 is 15.1 Å². The summed E-state index contributed by atoms with van der Waals surface area (Å²) in [5, 5.41) is 3.50. The maximum absolute atomic E-state index is 3.50. The number of benzene rings is 1. The summed E-state index contributed by atoms with van der Waals surface area (Å²) in [7, 11) is 4.30. The summed E-state index contributed by atoms with van der Waals surface area (Å²) in [6, 6.07) is 7.34. The van der Waals surface area contributed by atoms with Gasteiger partial charge in [0.2, 0.25) is 0 Å². The normalized spacial score (nSPS) is 20.5. The number of nitrogens with zero attached hydrogens (tertiary/aromatic N) is 2. The minimum atomic E-state index is 0.565. The van der Waals surface area contributed by atoms with Crippen molar-refractivity contribution in [3.63, 3.8) is 0 Å². The van der Waals surface area contributed by atoms with Crippen molar-refractivity contribution in [1.29, 1.82) is 0 Å². The fourth-order valence-electron chi connectivity index (χ4n) is 2.79. The number of hydrogen-bond donors (Lipinski definition) is 1. The molecule has 0 radical (unpaired) electrons. The Morgan fingerprint density at radius 1 is 1.33 bits per heavy atom. The lowest BCUT2D eigenvalue weighted by atomic mass is 10.1. The van der Waals surface area contributed by atoms with E-state index in [4.69, 9.17) is 0 Å². The average molecular weight is 247 g/mol. The zero-order chi connectivity index (χ0) is 13.1. The van der Waals surface area contributed by atoms with Gasteiger partial charge in [0, 0.05) is 31.9 Å². The quantitative estimate of drug-likeness (QED) is 0.876. The highest BCUT2D eigenvalue weighted by molar-refractivity contribution is 5.55. The third-order valence-corrected chi connectivity index (χ3v) is 3.59. The zero-order valence-corrected chi connectivity index (χ0v) is 12.0. The molecule has 1 unspecified atom stereocenters. The van der Waals surface area contributed by atoms with Gasteiger partial charge >= 0.3 is 0 Å². The van der Waals surface area contributed by atoms with Crippen LogP contribution >= 0.6 is 0 Å². The minimum Gasteiger partial charge on any atom is -0.364 e. The zero-order valence-electron chi connectivity index (χ0n) is 12.0. The Morgan fingerprint density at radius 3 is 2.78 bits per heavy atom. The third kappa shape index (κ3) is 3.03. The molecule has 1 saturated heterocycles. The predicted molar refractivity (Wildman–Crippen MR) is 78.5 cm³/mol. The Balaban J connectivity index is 2.22. The van der Waals surface area contributed by atoms with Crippen LogP contribution in [0.4, 0.5) is 5.69 Å². The lowest BCUT2D eigenvalue weighted by Crippen LogP contribution is -2.55. The van der Waals surface area contributed by atoms with E-state index in [0.717, 1.165) is 26.2 Å². The van der Waals surface area contributed by atoms with Gasteiger partial charge in [-0.05, 0) is 39.6 Å². The van der Waals surface area contributed by atoms with E-state index in [9.17, 15) is 0 Å². The summed E-state index contributed by atoms with van der Waals surface area (Å²) < 4.78 is 0. The van der Waals surface area contributed by atoms with Crippen molar-refractivity contribution >= 4 is 5.69 Å². The molecule has 100 valence electrons. The number of rotatable bonds is 3. The van der Waals surface area contributed by atoms with Gasteiger partial charge in [-0.15, -0.1) is 0 Å². The molecule has 1 N–H and O–H groups in total. The maximum Gasteiger partial charge on any atom is 0.0541 e. The second-order valence-corrected chi connectivity index (χ2v) is 5.60. The molecule has 0 bridgehead atoms. The van der Waals surface area contributed by atoms with Crippen molar-refractivity contribution in [3.05, 3.63) is 29.3 Å². The molecule has 0 aliphatic carbocycles. The van der Waals surface area contributed by atoms with E-state index in [-0.39, 0.29) is 0 Å². The monoisotopic (exact) mass is 247 g/mol. The van der Waals surface area contributed by atoms with Gasteiger partial charge in [-0.3, -0.25) is 0 Å². The molecule has 1 fully saturated rings. The lowest BCUT2D eigenvalue weighted by molar-refractivity contribution is 0.336. The van der Waals surface area contributed by atoms with E-state index in [2.05, 4.69) is 61.3 Å². The molecule has 2 rings (SSSR count). The molecule has 1 heterocycles. The molecule has 0 aromatic heterocycles. The summed E-state index contributed by atoms with van der Waals surface area (Å²) in [4.78, 5) is 4.83. The molecular formula is C15H25N3. The minimum absolute atomic E-state index is 0.565. The second-order valence-electron chi connectivity index (χ2n) is 5.60. The van der Waals surface area contributed by atoms with Crippen LogP contribution in [-0.4, -0.2) is 51.2 Å². The molecule has 0 spiro atoms. The molecule has 3 nitrogen and oxygen atoms in total. The number of aryl methyl sites for hydroxylation is 2. The van der Waals surface area contributed by atoms with E-state index in [0.29, 0.717) is 6.04 Å². The van der Waals surface area contributed by atoms with Crippen LogP contribution in [0, 0.1) is 13.8 Å². The van der Waals surface area contributed by atoms with Crippen LogP contribution in [0.2, 0.25) is 0 Å². The highest BCUT2D eigenvalue weighted by atomic mass is 15.3. The van der Waals surface area contributed by atoms with Gasteiger partial charge in [0.25, 0.3) is 0 Å². The molecular weight excluding hydrogens is 222 g/mol. The molecule has 1 atom stereocenters. The SMILES string of the molecule is Cc1ccc(N2CCNCC2CN(C)C)c(C)c1. The van der Waals surface area contributed by atoms with Crippen LogP contribution in [0.1, 0.15) is 11.1 Å². The Bertz CT molecular complexity index is 401. The van der Waals surface area contributed by atoms with Crippen LogP contribution in [0.3, 0.4) is 0 Å². The van der Waals surface area contributed by atoms with Crippen LogP contribution in [0.15, 0.2) is 18.2 Å². The largest absolute Gasteiger partial charge is 0.364 e. The van der Waals surface area contributed by atoms with E-state index >= 15 is 0 Å². The molecule has 1 aromatic rings. The number of nitrogens with one attached hydrogen (secondary N) is 1. The summed E-state index contributed by atoms with van der Waals surface area (Å²) in [5.74, 6) is 0. The fraction of sp³-hybridized carbons (Fsp3) is 0.600. The number of piperazine rings is 1. The van der Waals surface area contributed by atoms with E-state index in [1.165, 1.54) is 16.8 Å². The average Bonchev–Trinajstić information content (AvgIpc) is 2.30. The first-order valence-corrected chi connectivity index (χ1v) is 6.77. The second kappa shape index (κ2) is 5.72. The highest BCUT2D eigenvalue weighted by Crippen LogP contribution is 2.24. The van der Waals surface area contributed by atoms with Gasteiger partial charge in [0.05, 0.1) is 6.04 Å². The van der Waals surface area contributed by atoms with E-state index in [1.807, 2.05) is 0 Å². The lowest BCUT2D eigenvalue weighted by Gasteiger charge is -2.40. The maximum atomic E-state index is 3.50. The first-order chi connectivity index (χ1) is 8.58. The number of likely N-dealkylation sites (N-methyl/N-ethyl adjacent to an activating group) is 1. The van der Waals surface area contributed by atoms with Crippen molar-refractivity contribution in [2.45, 2.75) is 19.9 Å². The molecule has 1 aliphatic heterocycles. The van der Waals surface area contributed by atoms with Crippen LogP contribution in [0.5, 0.6) is 0 Å². The first-order valence-electron chi connectivity index (χ1n) is 6.77. The number of hydrogen-bond acceptors (Lipinski definition) is 3. The predicted octanol–water partition coefficient (Wildman–Crippen LogP) is 1.64. The van der Waals surface area contributed by atoms with Gasteiger partial charge in [0.15, 0.2) is 0 Å². The summed E-state index contributed by atoms with van der Waals surface area (Å²) in [6.07, 6.45) is 0. The Labute approximate surface area is 111 Å². The van der Waals surface area contributed by atoms with Crippen LogP contribution in [0.25, 0.3) is 0 Å². The van der Waals surface area contributed by atoms with Gasteiger partial charge in [0.1, 0.15) is 0 Å². The molecule has 0 amide bonds. The van der Waals surface area contributed by atoms with Crippen molar-refractivity contribution in [1.82, 2.24) is 10.2 Å². The molecule has 18 heavy (non-hydrogen) atoms. The first kappa shape index (κ1) is 13.4. The summed E-state index contributed by atoms with van der Waals surface area (Å²) in [6.45, 7) is 8.73. The standard InChI is InChI=1S/C15H25N3/c1-12-5-6-15(13(2)9-12)18-8-7-16-10-14(18)11-17(3)4/h5-6,9,14,16H,7-8,10-11H2,1-4H3. The van der Waals surface area contributed by atoms with E-state index < -0.39 is 0 Å². The molecule has 0 saturated carbocycles. The van der Waals surface area contributed by atoms with Crippen molar-refractivity contribution in [2.75, 3.05) is 45.2 Å². The third-order valence-electron chi connectivity index (χ3n) is 3.59. The highest BCUT2D eigenvalue weighted by Gasteiger charge is 2.23. The Kier molecular flexibility index (Phi) is 4.25. The van der Waals surface area contributed by atoms with Gasteiger partial charge in [-0.2, -0.15) is 0 Å². The van der Waals surface area contributed by atoms with Crippen LogP contribution < -0.4 is 10.2 Å².